The van der Waals surface area contributed by atoms with E-state index in [-0.39, 0.29) is 11.9 Å². The molecular formula is C18H18O3. The first-order chi connectivity index (χ1) is 10.0. The van der Waals surface area contributed by atoms with Crippen LogP contribution in [0.1, 0.15) is 41.5 Å². The van der Waals surface area contributed by atoms with Crippen LogP contribution in [0.3, 0.4) is 0 Å². The third-order valence-electron chi connectivity index (χ3n) is 5.78. The quantitative estimate of drug-likeness (QED) is 0.417. The van der Waals surface area contributed by atoms with Crippen molar-refractivity contribution in [1.82, 2.24) is 0 Å². The van der Waals surface area contributed by atoms with Crippen LogP contribution in [0.25, 0.3) is 0 Å². The van der Waals surface area contributed by atoms with E-state index in [1.54, 1.807) is 0 Å². The molecular weight excluding hydrogens is 264 g/mol. The molecule has 2 aliphatic carbocycles. The summed E-state index contributed by atoms with van der Waals surface area (Å²) in [6.45, 7) is 4.13. The van der Waals surface area contributed by atoms with Crippen molar-refractivity contribution < 1.29 is 14.3 Å². The monoisotopic (exact) mass is 282 g/mol. The van der Waals surface area contributed by atoms with E-state index in [9.17, 15) is 9.59 Å². The van der Waals surface area contributed by atoms with Crippen molar-refractivity contribution in [2.24, 2.45) is 5.41 Å². The van der Waals surface area contributed by atoms with Gasteiger partial charge < -0.3 is 4.74 Å². The highest BCUT2D eigenvalue weighted by Crippen LogP contribution is 2.61. The van der Waals surface area contributed by atoms with Gasteiger partial charge in [0.1, 0.15) is 5.41 Å². The summed E-state index contributed by atoms with van der Waals surface area (Å²) >= 11 is 0. The van der Waals surface area contributed by atoms with Crippen LogP contribution < -0.4 is 0 Å². The minimum absolute atomic E-state index is 0.316. The largest absolute Gasteiger partial charge is 0.392 e. The maximum absolute atomic E-state index is 12.7. The van der Waals surface area contributed by atoms with Crippen LogP contribution >= 0.6 is 0 Å². The highest BCUT2D eigenvalue weighted by Gasteiger charge is 2.70. The Morgan fingerprint density at radius 3 is 2.52 bits per heavy atom. The second-order valence-electron chi connectivity index (χ2n) is 6.60. The first kappa shape index (κ1) is 12.8. The van der Waals surface area contributed by atoms with Gasteiger partial charge in [0.25, 0.3) is 0 Å². The Morgan fingerprint density at radius 1 is 1.00 bits per heavy atom. The average Bonchev–Trinajstić information content (AvgIpc) is 2.72. The lowest BCUT2D eigenvalue weighted by Crippen LogP contribution is -2.53. The van der Waals surface area contributed by atoms with Gasteiger partial charge in [-0.1, -0.05) is 24.3 Å². The van der Waals surface area contributed by atoms with Gasteiger partial charge >= 0.3 is 11.9 Å². The molecule has 1 fully saturated rings. The van der Waals surface area contributed by atoms with E-state index in [1.165, 1.54) is 11.1 Å². The Bertz CT molecular complexity index is 715. The Hall–Kier alpha value is -1.90. The molecule has 0 N–H and O–H groups in total. The Balaban J connectivity index is 2.11. The van der Waals surface area contributed by atoms with Crippen molar-refractivity contribution in [2.75, 3.05) is 0 Å². The topological polar surface area (TPSA) is 43.4 Å². The fourth-order valence-corrected chi connectivity index (χ4v) is 4.70. The fraction of sp³-hybridized carbons (Fsp3) is 0.444. The molecule has 108 valence electrons. The van der Waals surface area contributed by atoms with Crippen molar-refractivity contribution in [3.8, 4) is 0 Å². The van der Waals surface area contributed by atoms with E-state index in [1.807, 2.05) is 19.1 Å². The summed E-state index contributed by atoms with van der Waals surface area (Å²) in [7, 11) is 0. The van der Waals surface area contributed by atoms with Crippen molar-refractivity contribution in [3.05, 3.63) is 46.5 Å². The molecule has 3 aliphatic rings. The zero-order chi connectivity index (χ0) is 14.8. The van der Waals surface area contributed by atoms with Gasteiger partial charge in [-0.2, -0.15) is 0 Å². The highest BCUT2D eigenvalue weighted by molar-refractivity contribution is 6.06. The molecule has 1 aliphatic heterocycles. The molecule has 4 rings (SSSR count). The molecule has 0 spiro atoms. The van der Waals surface area contributed by atoms with Crippen molar-refractivity contribution in [1.29, 1.82) is 0 Å². The van der Waals surface area contributed by atoms with E-state index in [2.05, 4.69) is 19.1 Å². The minimum Gasteiger partial charge on any atom is -0.392 e. The lowest BCUT2D eigenvalue weighted by atomic mass is 9.50. The zero-order valence-electron chi connectivity index (χ0n) is 12.4. The molecule has 2 atom stereocenters. The number of benzene rings is 1. The molecule has 21 heavy (non-hydrogen) atoms. The first-order valence-corrected chi connectivity index (χ1v) is 7.54. The summed E-state index contributed by atoms with van der Waals surface area (Å²) in [6, 6.07) is 4.17. The molecule has 0 saturated carbocycles. The van der Waals surface area contributed by atoms with E-state index in [4.69, 9.17) is 4.74 Å². The lowest BCUT2D eigenvalue weighted by molar-refractivity contribution is -0.155. The van der Waals surface area contributed by atoms with Gasteiger partial charge in [-0.15, -0.1) is 0 Å². The number of aryl methyl sites for hydroxylation is 2. The molecule has 1 aromatic carbocycles. The van der Waals surface area contributed by atoms with E-state index in [0.717, 1.165) is 17.5 Å². The molecule has 1 aromatic rings. The van der Waals surface area contributed by atoms with E-state index < -0.39 is 10.8 Å². The summed E-state index contributed by atoms with van der Waals surface area (Å²) in [6.07, 6.45) is 6.82. The number of carbonyl (C=O) groups is 2. The number of allylic oxidation sites excluding steroid dienone is 2. The maximum Gasteiger partial charge on any atom is 0.325 e. The number of carbonyl (C=O) groups excluding carboxylic acids is 2. The average molecular weight is 282 g/mol. The van der Waals surface area contributed by atoms with Crippen LogP contribution in [0.15, 0.2) is 24.3 Å². The number of hydrogen-bond donors (Lipinski definition) is 0. The molecule has 1 saturated heterocycles. The standard InChI is InChI=1S/C18H18O3/c1-11-5-6-12(2)14-13(11)7-10-17-8-3-4-9-18(14,17)16(20)21-15(17)19/h3-6H,7-10H2,1-2H3/t17-,18-/m0/s1. The fourth-order valence-electron chi connectivity index (χ4n) is 4.70. The molecule has 1 heterocycles. The molecule has 0 radical (unpaired) electrons. The highest BCUT2D eigenvalue weighted by atomic mass is 16.6. The predicted molar refractivity (Wildman–Crippen MR) is 77.8 cm³/mol. The van der Waals surface area contributed by atoms with Crippen LogP contribution in [-0.4, -0.2) is 11.9 Å². The Kier molecular flexibility index (Phi) is 2.35. The summed E-state index contributed by atoms with van der Waals surface area (Å²) in [4.78, 5) is 25.2. The van der Waals surface area contributed by atoms with Crippen molar-refractivity contribution in [2.45, 2.75) is 44.9 Å². The van der Waals surface area contributed by atoms with Crippen molar-refractivity contribution >= 4 is 11.9 Å². The van der Waals surface area contributed by atoms with Gasteiger partial charge in [-0.05, 0) is 61.8 Å². The predicted octanol–water partition coefficient (Wildman–Crippen LogP) is 2.91. The van der Waals surface area contributed by atoms with Crippen LogP contribution in [0, 0.1) is 19.3 Å². The van der Waals surface area contributed by atoms with Crippen LogP contribution in [0.4, 0.5) is 0 Å². The Labute approximate surface area is 124 Å². The number of fused-ring (bicyclic) bond motifs is 1. The van der Waals surface area contributed by atoms with Crippen LogP contribution in [0.5, 0.6) is 0 Å². The van der Waals surface area contributed by atoms with Gasteiger partial charge in [-0.25, -0.2) is 0 Å². The smallest absolute Gasteiger partial charge is 0.325 e. The third kappa shape index (κ3) is 1.26. The molecule has 0 amide bonds. The number of rotatable bonds is 0. The molecule has 0 aromatic heterocycles. The van der Waals surface area contributed by atoms with Crippen LogP contribution in [0.2, 0.25) is 0 Å². The lowest BCUT2D eigenvalue weighted by Gasteiger charge is -2.47. The first-order valence-electron chi connectivity index (χ1n) is 7.54. The third-order valence-corrected chi connectivity index (χ3v) is 5.78. The molecule has 3 heteroatoms. The molecule has 0 bridgehead atoms. The second-order valence-corrected chi connectivity index (χ2v) is 6.60. The molecule has 0 unspecified atom stereocenters. The van der Waals surface area contributed by atoms with Gasteiger partial charge in [0.05, 0.1) is 5.41 Å². The zero-order valence-corrected chi connectivity index (χ0v) is 12.4. The van der Waals surface area contributed by atoms with Gasteiger partial charge in [0.2, 0.25) is 0 Å². The van der Waals surface area contributed by atoms with Crippen LogP contribution in [-0.2, 0) is 26.2 Å². The minimum atomic E-state index is -0.789. The van der Waals surface area contributed by atoms with Gasteiger partial charge in [-0.3, -0.25) is 9.59 Å². The second kappa shape index (κ2) is 3.85. The number of esters is 2. The number of ether oxygens (including phenoxy) is 1. The summed E-state index contributed by atoms with van der Waals surface area (Å²) in [5.74, 6) is -0.657. The van der Waals surface area contributed by atoms with E-state index in [0.29, 0.717) is 19.3 Å². The SMILES string of the molecule is Cc1ccc(C)c2c1CC[C@]13CC=CC[C@@]21C(=O)OC3=O. The Morgan fingerprint density at radius 2 is 1.71 bits per heavy atom. The number of cyclic esters (lactones) is 2. The number of hydrogen-bond acceptors (Lipinski definition) is 3. The van der Waals surface area contributed by atoms with E-state index >= 15 is 0 Å². The van der Waals surface area contributed by atoms with Gasteiger partial charge in [0, 0.05) is 0 Å². The summed E-state index contributed by atoms with van der Waals surface area (Å²) in [5.41, 5.74) is 3.15. The molecule has 3 nitrogen and oxygen atoms in total. The summed E-state index contributed by atoms with van der Waals surface area (Å²) < 4.78 is 5.17. The van der Waals surface area contributed by atoms with Gasteiger partial charge in [0.15, 0.2) is 0 Å². The maximum atomic E-state index is 12.7. The normalized spacial score (nSPS) is 33.2. The summed E-state index contributed by atoms with van der Waals surface area (Å²) in [5, 5.41) is 0. The van der Waals surface area contributed by atoms with Crippen molar-refractivity contribution in [3.63, 3.8) is 0 Å².